The Morgan fingerprint density at radius 1 is 1.05 bits per heavy atom. The summed E-state index contributed by atoms with van der Waals surface area (Å²) in [5.74, 6) is 0.389. The average Bonchev–Trinajstić information content (AvgIpc) is 2.91. The van der Waals surface area contributed by atoms with Gasteiger partial charge in [-0.2, -0.15) is 9.79 Å². The zero-order valence-electron chi connectivity index (χ0n) is 22.7. The van der Waals surface area contributed by atoms with Crippen molar-refractivity contribution >= 4 is 17.9 Å². The van der Waals surface area contributed by atoms with Gasteiger partial charge in [0.1, 0.15) is 12.4 Å². The van der Waals surface area contributed by atoms with Crippen LogP contribution in [0, 0.1) is 5.92 Å². The molecule has 0 spiro atoms. The number of primary amides is 1. The number of hydrogen-bond donors (Lipinski definition) is 5. The van der Waals surface area contributed by atoms with Gasteiger partial charge in [-0.05, 0) is 35.6 Å². The maximum Gasteiger partial charge on any atom is 0.513 e. The van der Waals surface area contributed by atoms with Gasteiger partial charge >= 0.3 is 12.0 Å². The first-order chi connectivity index (χ1) is 18.3. The number of aliphatic hydroxyl groups excluding tert-OH is 2. The van der Waals surface area contributed by atoms with Crippen molar-refractivity contribution in [2.45, 2.75) is 65.1 Å². The number of quaternary nitrogens is 1. The van der Waals surface area contributed by atoms with E-state index in [0.29, 0.717) is 19.4 Å². The van der Waals surface area contributed by atoms with Crippen LogP contribution in [0.4, 0.5) is 4.79 Å². The van der Waals surface area contributed by atoms with Gasteiger partial charge in [0.15, 0.2) is 0 Å². The molecule has 2 amide bonds. The van der Waals surface area contributed by atoms with E-state index in [1.165, 1.54) is 5.32 Å². The minimum atomic E-state index is -0.745. The van der Waals surface area contributed by atoms with Crippen molar-refractivity contribution in [1.29, 1.82) is 0 Å². The predicted molar refractivity (Wildman–Crippen MR) is 145 cm³/mol. The summed E-state index contributed by atoms with van der Waals surface area (Å²) in [5, 5.41) is 24.1. The molecular formula is C29H43N3O6+2. The maximum absolute atomic E-state index is 12.7. The number of ether oxygens (including phenoxy) is 2. The molecule has 2 aromatic carbocycles. The third kappa shape index (κ3) is 11.7. The van der Waals surface area contributed by atoms with E-state index in [9.17, 15) is 14.7 Å². The molecule has 0 unspecified atom stereocenters. The molecule has 2 rings (SSSR count). The standard InChI is InChI=1S/C29H41N3O6/c1-4-5-17-37-24-13-11-22(12-14-24)19-26(32-29(36)38-20-23-9-7-6-8-10-23)28(35)31-25(18-21(2)3)27(34)30-15-16-33/h6-14,21,25-26,33H,4-5,15-20H2,1-3H3,(H,30,34)(H,31,35)(H,32,36)/p+2/t25-,26-/m0/s1. The molecule has 9 heteroatoms. The molecule has 2 atom stereocenters. The molecular weight excluding hydrogens is 486 g/mol. The minimum Gasteiger partial charge on any atom is -0.494 e. The van der Waals surface area contributed by atoms with Crippen LogP contribution in [0.5, 0.6) is 5.75 Å². The summed E-state index contributed by atoms with van der Waals surface area (Å²) in [6.45, 7) is 6.74. The van der Waals surface area contributed by atoms with Crippen LogP contribution in [0.1, 0.15) is 51.2 Å². The van der Waals surface area contributed by atoms with Gasteiger partial charge < -0.3 is 25.0 Å². The highest BCUT2D eigenvalue weighted by Gasteiger charge is 2.33. The second-order valence-corrected chi connectivity index (χ2v) is 9.64. The van der Waals surface area contributed by atoms with Crippen LogP contribution in [0.2, 0.25) is 0 Å². The lowest BCUT2D eigenvalue weighted by molar-refractivity contribution is -0.608. The third-order valence-electron chi connectivity index (χ3n) is 5.81. The lowest BCUT2D eigenvalue weighted by atomic mass is 10.0. The largest absolute Gasteiger partial charge is 0.513 e. The highest BCUT2D eigenvalue weighted by Crippen LogP contribution is 2.14. The molecule has 6 N–H and O–H groups in total. The number of unbranched alkanes of at least 4 members (excludes halogenated alkanes) is 1. The van der Waals surface area contributed by atoms with Crippen LogP contribution in [-0.4, -0.2) is 60.0 Å². The van der Waals surface area contributed by atoms with Crippen LogP contribution in [0.3, 0.4) is 0 Å². The monoisotopic (exact) mass is 529 g/mol. The van der Waals surface area contributed by atoms with Crippen molar-refractivity contribution in [2.24, 2.45) is 5.92 Å². The lowest BCUT2D eigenvalue weighted by Crippen LogP contribution is -3.00. The van der Waals surface area contributed by atoms with Crippen molar-refractivity contribution in [3.8, 4) is 5.75 Å². The highest BCUT2D eigenvalue weighted by atomic mass is 16.5. The maximum atomic E-state index is 12.7. The number of amides is 2. The van der Waals surface area contributed by atoms with Crippen molar-refractivity contribution in [2.75, 3.05) is 19.8 Å². The zero-order chi connectivity index (χ0) is 27.8. The Bertz CT molecular complexity index is 995. The Morgan fingerprint density at radius 3 is 2.39 bits per heavy atom. The van der Waals surface area contributed by atoms with Crippen LogP contribution in [0.25, 0.3) is 0 Å². The lowest BCUT2D eigenvalue weighted by Gasteiger charge is -2.14. The summed E-state index contributed by atoms with van der Waals surface area (Å²) in [6.07, 6.45) is 2.21. The van der Waals surface area contributed by atoms with Crippen LogP contribution < -0.4 is 20.4 Å². The van der Waals surface area contributed by atoms with E-state index in [1.807, 2.05) is 68.4 Å². The first kappa shape index (κ1) is 30.8. The number of aliphatic hydroxyl groups is 2. The van der Waals surface area contributed by atoms with Crippen molar-refractivity contribution in [3.05, 3.63) is 65.7 Å². The smallest absolute Gasteiger partial charge is 0.494 e. The molecule has 208 valence electrons. The molecule has 0 saturated carbocycles. The summed E-state index contributed by atoms with van der Waals surface area (Å²) >= 11 is 0. The normalized spacial score (nSPS) is 13.1. The molecule has 0 aromatic heterocycles. The Morgan fingerprint density at radius 2 is 1.76 bits per heavy atom. The van der Waals surface area contributed by atoms with Gasteiger partial charge in [-0.25, -0.2) is 5.32 Å². The van der Waals surface area contributed by atoms with Gasteiger partial charge in [0.25, 0.3) is 5.91 Å². The van der Waals surface area contributed by atoms with Crippen molar-refractivity contribution in [1.82, 2.24) is 5.32 Å². The third-order valence-corrected chi connectivity index (χ3v) is 5.81. The van der Waals surface area contributed by atoms with Crippen molar-refractivity contribution < 1.29 is 39.6 Å². The van der Waals surface area contributed by atoms with Gasteiger partial charge in [-0.15, -0.1) is 0 Å². The van der Waals surface area contributed by atoms with Crippen LogP contribution >= 0.6 is 0 Å². The molecule has 0 bridgehead atoms. The van der Waals surface area contributed by atoms with Gasteiger partial charge in [0, 0.05) is 19.4 Å². The molecule has 0 saturated heterocycles. The number of nitrogens with one attached hydrogen (secondary N) is 2. The van der Waals surface area contributed by atoms with Crippen LogP contribution in [-0.2, 0) is 22.6 Å². The number of nitrogens with two attached hydrogens (primary N) is 1. The fourth-order valence-corrected chi connectivity index (χ4v) is 3.78. The summed E-state index contributed by atoms with van der Waals surface area (Å²) in [7, 11) is 0. The second-order valence-electron chi connectivity index (χ2n) is 9.64. The fraction of sp³-hybridized carbons (Fsp3) is 0.483. The number of hydrogen-bond acceptors (Lipinski definition) is 5. The highest BCUT2D eigenvalue weighted by molar-refractivity contribution is 5.82. The van der Waals surface area contributed by atoms with E-state index in [4.69, 9.17) is 14.6 Å². The number of carbonyl (C=O) groups is 2. The minimum absolute atomic E-state index is 0.112. The molecule has 9 nitrogen and oxygen atoms in total. The van der Waals surface area contributed by atoms with E-state index in [0.717, 1.165) is 29.7 Å². The molecule has 0 aliphatic rings. The van der Waals surface area contributed by atoms with Crippen molar-refractivity contribution in [3.63, 3.8) is 0 Å². The fourth-order valence-electron chi connectivity index (χ4n) is 3.78. The Kier molecular flexibility index (Phi) is 13.9. The number of carbonyl (C=O) groups excluding carboxylic acids is 2. The second kappa shape index (κ2) is 17.1. The summed E-state index contributed by atoms with van der Waals surface area (Å²) in [5.41, 5.74) is 1.73. The topological polar surface area (TPSA) is 136 Å². The molecule has 2 aromatic rings. The van der Waals surface area contributed by atoms with E-state index < -0.39 is 18.2 Å². The van der Waals surface area contributed by atoms with E-state index >= 15 is 0 Å². The predicted octanol–water partition coefficient (Wildman–Crippen LogP) is 1.24. The molecule has 0 aliphatic heterocycles. The Labute approximate surface area is 225 Å². The summed E-state index contributed by atoms with van der Waals surface area (Å²) in [6, 6.07) is 15.4. The van der Waals surface area contributed by atoms with Gasteiger partial charge in [-0.3, -0.25) is 4.79 Å². The van der Waals surface area contributed by atoms with Crippen LogP contribution in [0.15, 0.2) is 54.6 Å². The first-order valence-corrected chi connectivity index (χ1v) is 13.3. The van der Waals surface area contributed by atoms with E-state index in [-0.39, 0.29) is 37.5 Å². The number of benzene rings is 2. The van der Waals surface area contributed by atoms with Gasteiger partial charge in [0.05, 0.1) is 13.2 Å². The average molecular weight is 530 g/mol. The Hall–Kier alpha value is -3.43. The van der Waals surface area contributed by atoms with E-state index in [1.54, 1.807) is 0 Å². The molecule has 0 heterocycles. The van der Waals surface area contributed by atoms with Gasteiger partial charge in [-0.1, -0.05) is 69.7 Å². The molecule has 0 fully saturated rings. The van der Waals surface area contributed by atoms with E-state index in [2.05, 4.69) is 17.2 Å². The molecule has 0 aliphatic carbocycles. The SMILES string of the molecule is CCCCOc1ccc(C[C@H]([NH2+]C(=O)OCc2ccccc2)C(O)=[NH+][C@@H](CC(C)C)C(=O)NCCO)cc1. The van der Waals surface area contributed by atoms with Gasteiger partial charge in [0.2, 0.25) is 12.1 Å². The molecule has 38 heavy (non-hydrogen) atoms. The first-order valence-electron chi connectivity index (χ1n) is 13.3. The quantitative estimate of drug-likeness (QED) is 0.126. The Balaban J connectivity index is 2.19. The molecule has 0 radical (unpaired) electrons. The zero-order valence-corrected chi connectivity index (χ0v) is 22.7. The summed E-state index contributed by atoms with van der Waals surface area (Å²) < 4.78 is 11.1. The summed E-state index contributed by atoms with van der Waals surface area (Å²) in [4.78, 5) is 28.3. The number of rotatable bonds is 16.